The molecule has 0 radical (unpaired) electrons. The van der Waals surface area contributed by atoms with E-state index in [0.717, 1.165) is 0 Å². The highest BCUT2D eigenvalue weighted by atomic mass is 79.9. The van der Waals surface area contributed by atoms with Crippen molar-refractivity contribution in [2.45, 2.75) is 25.7 Å². The third kappa shape index (κ3) is 4.25. The maximum atomic E-state index is 12.7. The lowest BCUT2D eigenvalue weighted by molar-refractivity contribution is 0.0994. The summed E-state index contributed by atoms with van der Waals surface area (Å²) in [5.41, 5.74) is 0.973. The first kappa shape index (κ1) is 20.0. The molecule has 0 unspecified atom stereocenters. The van der Waals surface area contributed by atoms with Crippen LogP contribution >= 0.6 is 27.5 Å². The molecule has 0 aliphatic heterocycles. The quantitative estimate of drug-likeness (QED) is 0.713. The first-order chi connectivity index (χ1) is 11.7. The molecule has 25 heavy (non-hydrogen) atoms. The number of aryl methyl sites for hydroxylation is 1. The predicted molar refractivity (Wildman–Crippen MR) is 101 cm³/mol. The second kappa shape index (κ2) is 7.90. The number of carbonyl (C=O) groups excluding carboxylic acids is 1. The molecule has 1 amide bonds. The SMILES string of the molecule is CCN(CC)S(=O)(=O)c1cc(NC(=O)c2oc(Br)cc2C)ccc1Cl. The molecular formula is C16H18BrClN2O4S. The van der Waals surface area contributed by atoms with Gasteiger partial charge in [0.05, 0.1) is 5.02 Å². The van der Waals surface area contributed by atoms with Crippen molar-refractivity contribution in [1.29, 1.82) is 0 Å². The smallest absolute Gasteiger partial charge is 0.291 e. The zero-order valence-electron chi connectivity index (χ0n) is 14.0. The van der Waals surface area contributed by atoms with Gasteiger partial charge in [0.2, 0.25) is 10.0 Å². The van der Waals surface area contributed by atoms with E-state index >= 15 is 0 Å². The average molecular weight is 450 g/mol. The van der Waals surface area contributed by atoms with Gasteiger partial charge in [0.25, 0.3) is 5.91 Å². The van der Waals surface area contributed by atoms with Gasteiger partial charge < -0.3 is 9.73 Å². The van der Waals surface area contributed by atoms with Gasteiger partial charge in [-0.2, -0.15) is 4.31 Å². The number of hydrogen-bond acceptors (Lipinski definition) is 4. The van der Waals surface area contributed by atoms with E-state index in [2.05, 4.69) is 21.2 Å². The maximum absolute atomic E-state index is 12.7. The Hall–Kier alpha value is -1.35. The molecule has 0 aliphatic carbocycles. The summed E-state index contributed by atoms with van der Waals surface area (Å²) >= 11 is 9.24. The highest BCUT2D eigenvalue weighted by Gasteiger charge is 2.25. The number of sulfonamides is 1. The van der Waals surface area contributed by atoms with E-state index in [-0.39, 0.29) is 15.7 Å². The van der Waals surface area contributed by atoms with E-state index in [4.69, 9.17) is 16.0 Å². The van der Waals surface area contributed by atoms with Gasteiger partial charge in [-0.1, -0.05) is 25.4 Å². The van der Waals surface area contributed by atoms with Gasteiger partial charge in [-0.3, -0.25) is 4.79 Å². The van der Waals surface area contributed by atoms with Gasteiger partial charge in [0.15, 0.2) is 10.4 Å². The molecule has 0 spiro atoms. The number of furan rings is 1. The summed E-state index contributed by atoms with van der Waals surface area (Å²) in [5.74, 6) is -0.327. The zero-order chi connectivity index (χ0) is 18.8. The van der Waals surface area contributed by atoms with E-state index < -0.39 is 15.9 Å². The minimum atomic E-state index is -3.74. The number of halogens is 2. The largest absolute Gasteiger partial charge is 0.444 e. The fraction of sp³-hybridized carbons (Fsp3) is 0.312. The lowest BCUT2D eigenvalue weighted by Crippen LogP contribution is -2.30. The molecule has 1 heterocycles. The Labute approximate surface area is 160 Å². The standard InChI is InChI=1S/C16H18BrClN2O4S/c1-4-20(5-2)25(22,23)13-9-11(6-7-12(13)18)19-16(21)15-10(3)8-14(17)24-15/h6-9H,4-5H2,1-3H3,(H,19,21). The maximum Gasteiger partial charge on any atom is 0.291 e. The van der Waals surface area contributed by atoms with Crippen molar-refractivity contribution in [1.82, 2.24) is 4.31 Å². The second-order valence-electron chi connectivity index (χ2n) is 5.25. The van der Waals surface area contributed by atoms with Crippen LogP contribution in [-0.4, -0.2) is 31.7 Å². The third-order valence-electron chi connectivity index (χ3n) is 3.61. The van der Waals surface area contributed by atoms with Crippen LogP contribution in [-0.2, 0) is 10.0 Å². The molecule has 6 nitrogen and oxygen atoms in total. The molecule has 0 aliphatic rings. The van der Waals surface area contributed by atoms with Gasteiger partial charge in [0, 0.05) is 24.3 Å². The van der Waals surface area contributed by atoms with Crippen LogP contribution in [0.5, 0.6) is 0 Å². The number of benzene rings is 1. The Kier molecular flexibility index (Phi) is 6.31. The molecule has 1 aromatic carbocycles. The highest BCUT2D eigenvalue weighted by molar-refractivity contribution is 9.10. The Morgan fingerprint density at radius 3 is 2.44 bits per heavy atom. The number of nitrogens with zero attached hydrogens (tertiary/aromatic N) is 1. The second-order valence-corrected chi connectivity index (χ2v) is 8.35. The van der Waals surface area contributed by atoms with Gasteiger partial charge in [-0.25, -0.2) is 8.42 Å². The minimum Gasteiger partial charge on any atom is -0.444 e. The molecule has 0 saturated carbocycles. The summed E-state index contributed by atoms with van der Waals surface area (Å²) in [4.78, 5) is 12.3. The van der Waals surface area contributed by atoms with Crippen molar-refractivity contribution >= 4 is 49.1 Å². The van der Waals surface area contributed by atoms with Crippen molar-refractivity contribution in [2.24, 2.45) is 0 Å². The van der Waals surface area contributed by atoms with Crippen LogP contribution < -0.4 is 5.32 Å². The summed E-state index contributed by atoms with van der Waals surface area (Å²) in [6, 6.07) is 6.00. The molecule has 0 atom stereocenters. The first-order valence-electron chi connectivity index (χ1n) is 7.57. The predicted octanol–water partition coefficient (Wildman–Crippen LogP) is 4.29. The fourth-order valence-electron chi connectivity index (χ4n) is 2.34. The van der Waals surface area contributed by atoms with Crippen LogP contribution in [0.1, 0.15) is 30.0 Å². The van der Waals surface area contributed by atoms with Crippen molar-refractivity contribution in [3.05, 3.63) is 45.3 Å². The lowest BCUT2D eigenvalue weighted by atomic mass is 10.2. The summed E-state index contributed by atoms with van der Waals surface area (Å²) in [7, 11) is -3.74. The zero-order valence-corrected chi connectivity index (χ0v) is 17.1. The van der Waals surface area contributed by atoms with Crippen LogP contribution in [0.15, 0.2) is 38.2 Å². The average Bonchev–Trinajstić information content (AvgIpc) is 2.88. The lowest BCUT2D eigenvalue weighted by Gasteiger charge is -2.19. The number of amides is 1. The molecule has 0 fully saturated rings. The van der Waals surface area contributed by atoms with Crippen molar-refractivity contribution < 1.29 is 17.6 Å². The molecular weight excluding hydrogens is 432 g/mol. The number of nitrogens with one attached hydrogen (secondary N) is 1. The Bertz CT molecular complexity index is 892. The van der Waals surface area contributed by atoms with E-state index in [9.17, 15) is 13.2 Å². The van der Waals surface area contributed by atoms with Gasteiger partial charge in [-0.15, -0.1) is 0 Å². The van der Waals surface area contributed by atoms with Crippen LogP contribution in [0.4, 0.5) is 5.69 Å². The monoisotopic (exact) mass is 448 g/mol. The third-order valence-corrected chi connectivity index (χ3v) is 6.53. The van der Waals surface area contributed by atoms with Crippen molar-refractivity contribution in [3.63, 3.8) is 0 Å². The van der Waals surface area contributed by atoms with Crippen LogP contribution in [0.2, 0.25) is 5.02 Å². The number of anilines is 1. The molecule has 1 aromatic heterocycles. The topological polar surface area (TPSA) is 79.6 Å². The highest BCUT2D eigenvalue weighted by Crippen LogP contribution is 2.28. The Balaban J connectivity index is 2.36. The summed E-state index contributed by atoms with van der Waals surface area (Å²) < 4.78 is 32.4. The van der Waals surface area contributed by atoms with E-state index in [1.54, 1.807) is 26.8 Å². The normalized spacial score (nSPS) is 11.8. The van der Waals surface area contributed by atoms with E-state index in [1.165, 1.54) is 22.5 Å². The molecule has 2 rings (SSSR count). The number of rotatable bonds is 6. The van der Waals surface area contributed by atoms with Gasteiger partial charge in [-0.05, 0) is 47.1 Å². The van der Waals surface area contributed by atoms with Crippen LogP contribution in [0.25, 0.3) is 0 Å². The molecule has 0 bridgehead atoms. The Morgan fingerprint density at radius 2 is 1.92 bits per heavy atom. The first-order valence-corrected chi connectivity index (χ1v) is 10.2. The Morgan fingerprint density at radius 1 is 1.28 bits per heavy atom. The van der Waals surface area contributed by atoms with Crippen molar-refractivity contribution in [2.75, 3.05) is 18.4 Å². The molecule has 0 saturated heterocycles. The van der Waals surface area contributed by atoms with Crippen LogP contribution in [0.3, 0.4) is 0 Å². The molecule has 136 valence electrons. The minimum absolute atomic E-state index is 0.0481. The fourth-order valence-corrected chi connectivity index (χ4v) is 4.80. The van der Waals surface area contributed by atoms with Crippen molar-refractivity contribution in [3.8, 4) is 0 Å². The summed E-state index contributed by atoms with van der Waals surface area (Å²) in [6.45, 7) is 5.88. The molecule has 9 heteroatoms. The van der Waals surface area contributed by atoms with E-state index in [0.29, 0.717) is 29.0 Å². The van der Waals surface area contributed by atoms with E-state index in [1.807, 2.05) is 0 Å². The summed E-state index contributed by atoms with van der Waals surface area (Å²) in [6.07, 6.45) is 0. The van der Waals surface area contributed by atoms with Crippen LogP contribution in [0, 0.1) is 6.92 Å². The molecule has 1 N–H and O–H groups in total. The number of carbonyl (C=O) groups is 1. The summed E-state index contributed by atoms with van der Waals surface area (Å²) in [5, 5.41) is 2.73. The van der Waals surface area contributed by atoms with Gasteiger partial charge >= 0.3 is 0 Å². The molecule has 2 aromatic rings. The van der Waals surface area contributed by atoms with Gasteiger partial charge in [0.1, 0.15) is 4.90 Å². The number of hydrogen-bond donors (Lipinski definition) is 1.